The first kappa shape index (κ1) is 19.2. The van der Waals surface area contributed by atoms with Crippen molar-refractivity contribution < 1.29 is 0 Å². The van der Waals surface area contributed by atoms with Gasteiger partial charge in [-0.1, -0.05) is 96.1 Å². The summed E-state index contributed by atoms with van der Waals surface area (Å²) in [5.41, 5.74) is 14.8. The molecule has 1 heteroatoms. The van der Waals surface area contributed by atoms with E-state index in [1.807, 2.05) is 18.2 Å². The maximum atomic E-state index is 6.23. The lowest BCUT2D eigenvalue weighted by atomic mass is 9.79. The van der Waals surface area contributed by atoms with Crippen LogP contribution in [0.15, 0.2) is 66.7 Å². The molecule has 0 amide bonds. The van der Waals surface area contributed by atoms with E-state index in [-0.39, 0.29) is 10.8 Å². The van der Waals surface area contributed by atoms with Crippen LogP contribution in [-0.4, -0.2) is 0 Å². The first-order chi connectivity index (χ1) is 12.6. The zero-order chi connectivity index (χ0) is 19.8. The van der Waals surface area contributed by atoms with Gasteiger partial charge >= 0.3 is 0 Å². The molecule has 0 bridgehead atoms. The van der Waals surface area contributed by atoms with E-state index >= 15 is 0 Å². The van der Waals surface area contributed by atoms with Crippen LogP contribution in [-0.2, 0) is 10.8 Å². The molecule has 0 unspecified atom stereocenters. The van der Waals surface area contributed by atoms with Gasteiger partial charge in [0.05, 0.1) is 0 Å². The molecule has 3 aromatic carbocycles. The molecular weight excluding hydrogens is 326 g/mol. The van der Waals surface area contributed by atoms with Crippen LogP contribution in [0.5, 0.6) is 0 Å². The van der Waals surface area contributed by atoms with Crippen molar-refractivity contribution in [2.24, 2.45) is 0 Å². The Morgan fingerprint density at radius 3 is 1.74 bits per heavy atom. The molecular formula is C26H31N. The van der Waals surface area contributed by atoms with Gasteiger partial charge in [-0.25, -0.2) is 0 Å². The lowest BCUT2D eigenvalue weighted by Crippen LogP contribution is -2.13. The molecule has 3 rings (SSSR count). The van der Waals surface area contributed by atoms with E-state index in [1.54, 1.807) is 0 Å². The van der Waals surface area contributed by atoms with Crippen molar-refractivity contribution in [1.82, 2.24) is 0 Å². The van der Waals surface area contributed by atoms with Gasteiger partial charge in [0.2, 0.25) is 0 Å². The highest BCUT2D eigenvalue weighted by Crippen LogP contribution is 2.38. The number of nitrogens with two attached hydrogens (primary N) is 1. The number of anilines is 1. The predicted octanol–water partition coefficient (Wildman–Crippen LogP) is 7.20. The summed E-state index contributed by atoms with van der Waals surface area (Å²) in [6, 6.07) is 23.8. The second-order valence-electron chi connectivity index (χ2n) is 9.42. The number of rotatable bonds is 2. The van der Waals surface area contributed by atoms with Crippen LogP contribution in [0.2, 0.25) is 0 Å². The summed E-state index contributed by atoms with van der Waals surface area (Å²) in [6.45, 7) is 13.6. The van der Waals surface area contributed by atoms with Gasteiger partial charge in [-0.3, -0.25) is 0 Å². The van der Waals surface area contributed by atoms with E-state index in [1.165, 1.54) is 22.3 Å². The van der Waals surface area contributed by atoms with Crippen molar-refractivity contribution >= 4 is 5.69 Å². The van der Waals surface area contributed by atoms with Crippen molar-refractivity contribution in [2.75, 3.05) is 5.73 Å². The molecule has 2 N–H and O–H groups in total. The van der Waals surface area contributed by atoms with Crippen molar-refractivity contribution in [2.45, 2.75) is 52.4 Å². The predicted molar refractivity (Wildman–Crippen MR) is 119 cm³/mol. The molecule has 0 saturated heterocycles. The highest BCUT2D eigenvalue weighted by molar-refractivity contribution is 5.81. The molecule has 0 saturated carbocycles. The van der Waals surface area contributed by atoms with Gasteiger partial charge in [0.1, 0.15) is 0 Å². The Morgan fingerprint density at radius 1 is 0.593 bits per heavy atom. The van der Waals surface area contributed by atoms with Gasteiger partial charge in [-0.05, 0) is 50.8 Å². The number of hydrogen-bond donors (Lipinski definition) is 1. The van der Waals surface area contributed by atoms with Crippen molar-refractivity contribution in [3.8, 4) is 22.3 Å². The fourth-order valence-corrected chi connectivity index (χ4v) is 3.51. The standard InChI is InChI=1S/C26H31N/c1-25(2,3)20-14-11-18(12-15-20)22-17-19(13-16-23(22)26(4,5)6)21-9-7-8-10-24(21)27/h7-17H,27H2,1-6H3. The number of benzene rings is 3. The van der Waals surface area contributed by atoms with Gasteiger partial charge in [-0.15, -0.1) is 0 Å². The normalized spacial score (nSPS) is 12.2. The van der Waals surface area contributed by atoms with E-state index in [2.05, 4.69) is 90.1 Å². The average Bonchev–Trinajstić information content (AvgIpc) is 2.60. The molecule has 27 heavy (non-hydrogen) atoms. The van der Waals surface area contributed by atoms with Crippen LogP contribution in [0, 0.1) is 0 Å². The third-order valence-corrected chi connectivity index (χ3v) is 5.16. The molecule has 0 atom stereocenters. The Bertz CT molecular complexity index is 935. The summed E-state index contributed by atoms with van der Waals surface area (Å²) in [4.78, 5) is 0. The molecule has 3 aromatic rings. The number of para-hydroxylation sites is 1. The molecule has 0 aliphatic heterocycles. The van der Waals surface area contributed by atoms with Crippen molar-refractivity contribution in [3.63, 3.8) is 0 Å². The Labute approximate surface area is 164 Å². The summed E-state index contributed by atoms with van der Waals surface area (Å²) in [5.74, 6) is 0. The number of hydrogen-bond acceptors (Lipinski definition) is 1. The molecule has 0 heterocycles. The van der Waals surface area contributed by atoms with E-state index in [4.69, 9.17) is 5.73 Å². The Hall–Kier alpha value is -2.54. The topological polar surface area (TPSA) is 26.0 Å². The lowest BCUT2D eigenvalue weighted by molar-refractivity contribution is 0.589. The van der Waals surface area contributed by atoms with E-state index < -0.39 is 0 Å². The van der Waals surface area contributed by atoms with Crippen LogP contribution >= 0.6 is 0 Å². The third kappa shape index (κ3) is 4.08. The molecule has 140 valence electrons. The smallest absolute Gasteiger partial charge is 0.0393 e. The van der Waals surface area contributed by atoms with Crippen LogP contribution in [0.1, 0.15) is 52.7 Å². The van der Waals surface area contributed by atoms with Gasteiger partial charge < -0.3 is 5.73 Å². The second kappa shape index (κ2) is 6.88. The average molecular weight is 358 g/mol. The molecule has 0 fully saturated rings. The second-order valence-corrected chi connectivity index (χ2v) is 9.42. The molecule has 0 radical (unpaired) electrons. The highest BCUT2D eigenvalue weighted by atomic mass is 14.6. The number of nitrogen functional groups attached to an aromatic ring is 1. The fourth-order valence-electron chi connectivity index (χ4n) is 3.51. The first-order valence-corrected chi connectivity index (χ1v) is 9.68. The molecule has 1 nitrogen and oxygen atoms in total. The molecule has 0 aromatic heterocycles. The minimum atomic E-state index is 0.0682. The van der Waals surface area contributed by atoms with Crippen LogP contribution in [0.25, 0.3) is 22.3 Å². The minimum Gasteiger partial charge on any atom is -0.398 e. The summed E-state index contributed by atoms with van der Waals surface area (Å²) in [5, 5.41) is 0. The Morgan fingerprint density at radius 2 is 1.19 bits per heavy atom. The molecule has 0 aliphatic carbocycles. The minimum absolute atomic E-state index is 0.0682. The summed E-state index contributed by atoms with van der Waals surface area (Å²) >= 11 is 0. The van der Waals surface area contributed by atoms with Gasteiger partial charge in [0.15, 0.2) is 0 Å². The lowest BCUT2D eigenvalue weighted by Gasteiger charge is -2.25. The molecule has 0 spiro atoms. The quantitative estimate of drug-likeness (QED) is 0.482. The third-order valence-electron chi connectivity index (χ3n) is 5.16. The van der Waals surface area contributed by atoms with Crippen molar-refractivity contribution in [3.05, 3.63) is 77.9 Å². The largest absolute Gasteiger partial charge is 0.398 e. The monoisotopic (exact) mass is 357 g/mol. The maximum Gasteiger partial charge on any atom is 0.0393 e. The fraction of sp³-hybridized carbons (Fsp3) is 0.308. The van der Waals surface area contributed by atoms with E-state index in [0.29, 0.717) is 0 Å². The van der Waals surface area contributed by atoms with Crippen LogP contribution < -0.4 is 5.73 Å². The Kier molecular flexibility index (Phi) is 4.90. The summed E-state index contributed by atoms with van der Waals surface area (Å²) in [7, 11) is 0. The zero-order valence-corrected chi connectivity index (χ0v) is 17.4. The summed E-state index contributed by atoms with van der Waals surface area (Å²) < 4.78 is 0. The zero-order valence-electron chi connectivity index (χ0n) is 17.4. The SMILES string of the molecule is CC(C)(C)c1ccc(-c2cc(-c3ccccc3N)ccc2C(C)(C)C)cc1. The van der Waals surface area contributed by atoms with Gasteiger partial charge in [0, 0.05) is 11.3 Å². The Balaban J connectivity index is 2.17. The van der Waals surface area contributed by atoms with Crippen LogP contribution in [0.3, 0.4) is 0 Å². The van der Waals surface area contributed by atoms with Gasteiger partial charge in [0.25, 0.3) is 0 Å². The van der Waals surface area contributed by atoms with Crippen LogP contribution in [0.4, 0.5) is 5.69 Å². The van der Waals surface area contributed by atoms with Gasteiger partial charge in [-0.2, -0.15) is 0 Å². The molecule has 0 aliphatic rings. The van der Waals surface area contributed by atoms with E-state index in [0.717, 1.165) is 16.8 Å². The maximum absolute atomic E-state index is 6.23. The van der Waals surface area contributed by atoms with E-state index in [9.17, 15) is 0 Å². The highest BCUT2D eigenvalue weighted by Gasteiger charge is 2.20. The summed E-state index contributed by atoms with van der Waals surface area (Å²) in [6.07, 6.45) is 0. The van der Waals surface area contributed by atoms with Crippen molar-refractivity contribution in [1.29, 1.82) is 0 Å². The first-order valence-electron chi connectivity index (χ1n) is 9.68.